The van der Waals surface area contributed by atoms with Crippen molar-refractivity contribution in [2.75, 3.05) is 6.54 Å². The Kier molecular flexibility index (Phi) is 13.1. The van der Waals surface area contributed by atoms with E-state index in [1.807, 2.05) is 45.2 Å². The Balaban J connectivity index is 0. The van der Waals surface area contributed by atoms with Crippen LogP contribution >= 0.6 is 0 Å². The van der Waals surface area contributed by atoms with E-state index in [9.17, 15) is 4.79 Å². The number of carbonyl (C=O) groups is 1. The van der Waals surface area contributed by atoms with E-state index < -0.39 is 0 Å². The first-order valence-electron chi connectivity index (χ1n) is 9.40. The molecule has 0 aliphatic rings. The van der Waals surface area contributed by atoms with Crippen molar-refractivity contribution in [3.05, 3.63) is 47.8 Å². The Labute approximate surface area is 160 Å². The summed E-state index contributed by atoms with van der Waals surface area (Å²) in [5.74, 6) is 1.06. The van der Waals surface area contributed by atoms with Crippen LogP contribution in [0.3, 0.4) is 0 Å². The molecular weight excluding hydrogens is 324 g/mol. The minimum atomic E-state index is 0. The summed E-state index contributed by atoms with van der Waals surface area (Å²) in [6.07, 6.45) is 1.81. The molecule has 0 amide bonds. The number of nitrogens with one attached hydrogen (secondary N) is 1. The molecule has 1 heterocycles. The van der Waals surface area contributed by atoms with E-state index in [1.54, 1.807) is 4.68 Å². The number of ketones is 1. The van der Waals surface area contributed by atoms with Crippen LogP contribution in [0, 0.1) is 18.8 Å². The molecule has 5 nitrogen and oxygen atoms in total. The number of rotatable bonds is 6. The second-order valence-corrected chi connectivity index (χ2v) is 7.20. The van der Waals surface area contributed by atoms with Crippen molar-refractivity contribution >= 4 is 5.78 Å². The van der Waals surface area contributed by atoms with Crippen molar-refractivity contribution in [3.63, 3.8) is 0 Å². The largest absolute Gasteiger partial charge is 0.311 e. The summed E-state index contributed by atoms with van der Waals surface area (Å²) in [5, 5.41) is 11.0. The van der Waals surface area contributed by atoms with Gasteiger partial charge in [0.25, 0.3) is 0 Å². The summed E-state index contributed by atoms with van der Waals surface area (Å²) in [7, 11) is 0. The smallest absolute Gasteiger partial charge is 0.156 e. The molecule has 26 heavy (non-hydrogen) atoms. The fraction of sp³-hybridized carbons (Fsp3) is 0.571. The molecule has 148 valence electrons. The van der Waals surface area contributed by atoms with Crippen LogP contribution in [-0.2, 0) is 17.9 Å². The third-order valence-corrected chi connectivity index (χ3v) is 3.04. The van der Waals surface area contributed by atoms with Crippen molar-refractivity contribution in [2.24, 2.45) is 11.8 Å². The first kappa shape index (κ1) is 24.0. The molecule has 0 radical (unpaired) electrons. The van der Waals surface area contributed by atoms with Gasteiger partial charge < -0.3 is 5.32 Å². The Hall–Kier alpha value is -2.01. The lowest BCUT2D eigenvalue weighted by molar-refractivity contribution is -0.122. The van der Waals surface area contributed by atoms with Crippen LogP contribution in [0.25, 0.3) is 0 Å². The molecule has 2 rings (SSSR count). The molecule has 0 saturated heterocycles. The lowest BCUT2D eigenvalue weighted by Crippen LogP contribution is -2.16. The van der Waals surface area contributed by atoms with Gasteiger partial charge in [0.15, 0.2) is 5.78 Å². The topological polar surface area (TPSA) is 59.8 Å². The maximum atomic E-state index is 11.4. The van der Waals surface area contributed by atoms with Gasteiger partial charge in [0.1, 0.15) is 6.54 Å². The third-order valence-electron chi connectivity index (χ3n) is 3.04. The Morgan fingerprint density at radius 3 is 2.15 bits per heavy atom. The van der Waals surface area contributed by atoms with E-state index >= 15 is 0 Å². The van der Waals surface area contributed by atoms with Crippen LogP contribution < -0.4 is 5.32 Å². The number of hydrogen-bond donors (Lipinski definition) is 1. The van der Waals surface area contributed by atoms with Gasteiger partial charge in [0.05, 0.1) is 11.9 Å². The van der Waals surface area contributed by atoms with E-state index in [1.165, 1.54) is 5.56 Å². The van der Waals surface area contributed by atoms with E-state index in [0.29, 0.717) is 13.1 Å². The van der Waals surface area contributed by atoms with Gasteiger partial charge in [-0.3, -0.25) is 4.79 Å². The quantitative estimate of drug-likeness (QED) is 0.821. The highest BCUT2D eigenvalue weighted by Crippen LogP contribution is 1.98. The molecule has 5 heteroatoms. The van der Waals surface area contributed by atoms with Gasteiger partial charge in [-0.25, -0.2) is 4.68 Å². The van der Waals surface area contributed by atoms with Gasteiger partial charge in [-0.05, 0) is 19.4 Å². The average Bonchev–Trinajstić information content (AvgIpc) is 3.01. The average molecular weight is 363 g/mol. The highest BCUT2D eigenvalue weighted by Gasteiger charge is 2.09. The zero-order chi connectivity index (χ0) is 19.9. The molecule has 0 unspecified atom stereocenters. The first-order valence-corrected chi connectivity index (χ1v) is 9.40. The molecule has 0 aliphatic heterocycles. The normalized spacial score (nSPS) is 10.0. The van der Waals surface area contributed by atoms with Crippen LogP contribution in [0.15, 0.2) is 36.5 Å². The lowest BCUT2D eigenvalue weighted by Gasteiger charge is -2.02. The minimum absolute atomic E-state index is 0. The van der Waals surface area contributed by atoms with Gasteiger partial charge in [0, 0.05) is 13.9 Å². The third kappa shape index (κ3) is 13.3. The van der Waals surface area contributed by atoms with Gasteiger partial charge in [0.2, 0.25) is 0 Å². The molecule has 1 N–H and O–H groups in total. The summed E-state index contributed by atoms with van der Waals surface area (Å²) < 4.78 is 1.59. The van der Waals surface area contributed by atoms with Crippen LogP contribution in [0.5, 0.6) is 0 Å². The Bertz CT molecular complexity index is 594. The van der Waals surface area contributed by atoms with Crippen LogP contribution in [0.2, 0.25) is 0 Å². The summed E-state index contributed by atoms with van der Waals surface area (Å²) >= 11 is 0. The van der Waals surface area contributed by atoms with Gasteiger partial charge in [-0.15, -0.1) is 5.10 Å². The number of aromatic nitrogens is 3. The highest BCUT2D eigenvalue weighted by molar-refractivity contribution is 5.79. The second-order valence-electron chi connectivity index (χ2n) is 7.20. The predicted molar refractivity (Wildman–Crippen MR) is 111 cm³/mol. The van der Waals surface area contributed by atoms with Gasteiger partial charge in [-0.1, -0.05) is 82.7 Å². The highest BCUT2D eigenvalue weighted by atomic mass is 16.1. The first-order chi connectivity index (χ1) is 12.3. The lowest BCUT2D eigenvalue weighted by atomic mass is 10.1. The second kappa shape index (κ2) is 14.2. The molecule has 0 spiro atoms. The zero-order valence-electron chi connectivity index (χ0n) is 17.5. The van der Waals surface area contributed by atoms with E-state index in [-0.39, 0.29) is 13.1 Å². The number of benzene rings is 1. The summed E-state index contributed by atoms with van der Waals surface area (Å²) in [6.45, 7) is 16.3. The molecule has 1 aromatic carbocycles. The van der Waals surface area contributed by atoms with Crippen LogP contribution in [0.4, 0.5) is 0 Å². The number of carbonyl (C=O) groups excluding carboxylic acids is 1. The number of nitrogens with zero attached hydrogens (tertiary/aromatic N) is 3. The molecule has 2 aromatic rings. The van der Waals surface area contributed by atoms with Crippen molar-refractivity contribution in [3.8, 4) is 0 Å². The molecule has 1 aromatic heterocycles. The molecule has 0 aliphatic carbocycles. The SMILES string of the molecule is CC(C)C.CCNCc1cn(CC(=O)C(C)C)nn1.Cc1ccccc1.[HH]. The Morgan fingerprint density at radius 1 is 1.15 bits per heavy atom. The van der Waals surface area contributed by atoms with E-state index in [0.717, 1.165) is 18.2 Å². The van der Waals surface area contributed by atoms with Crippen LogP contribution in [-0.4, -0.2) is 27.3 Å². The number of hydrogen-bond acceptors (Lipinski definition) is 4. The molecular formula is C21H38N4O. The molecule has 0 bridgehead atoms. The summed E-state index contributed by atoms with van der Waals surface area (Å²) in [6, 6.07) is 10.3. The fourth-order valence-electron chi connectivity index (χ4n) is 1.63. The van der Waals surface area contributed by atoms with Crippen molar-refractivity contribution in [1.82, 2.24) is 20.3 Å². The minimum Gasteiger partial charge on any atom is -0.311 e. The maximum absolute atomic E-state index is 11.4. The van der Waals surface area contributed by atoms with E-state index in [4.69, 9.17) is 0 Å². The van der Waals surface area contributed by atoms with Gasteiger partial charge in [-0.2, -0.15) is 0 Å². The molecule has 0 saturated carbocycles. The van der Waals surface area contributed by atoms with Crippen molar-refractivity contribution in [2.45, 2.75) is 61.6 Å². The van der Waals surface area contributed by atoms with E-state index in [2.05, 4.69) is 55.5 Å². The number of Topliss-reactive ketones (excluding diaryl/α,β-unsaturated/α-hetero) is 1. The summed E-state index contributed by atoms with van der Waals surface area (Å²) in [5.41, 5.74) is 2.19. The number of aryl methyl sites for hydroxylation is 1. The van der Waals surface area contributed by atoms with Crippen molar-refractivity contribution < 1.29 is 6.22 Å². The summed E-state index contributed by atoms with van der Waals surface area (Å²) in [4.78, 5) is 11.4. The monoisotopic (exact) mass is 362 g/mol. The fourth-order valence-corrected chi connectivity index (χ4v) is 1.63. The van der Waals surface area contributed by atoms with Crippen molar-refractivity contribution in [1.29, 1.82) is 0 Å². The maximum Gasteiger partial charge on any atom is 0.156 e. The zero-order valence-corrected chi connectivity index (χ0v) is 17.5. The molecule has 0 fully saturated rings. The Morgan fingerprint density at radius 2 is 1.73 bits per heavy atom. The van der Waals surface area contributed by atoms with Gasteiger partial charge >= 0.3 is 0 Å². The van der Waals surface area contributed by atoms with Crippen LogP contribution in [0.1, 0.15) is 54.2 Å². The molecule has 0 atom stereocenters. The predicted octanol–water partition coefficient (Wildman–Crippen LogP) is 4.52. The standard InChI is InChI=1S/C10H18N4O.C7H8.C4H10.H2/c1-4-11-5-9-6-14(13-12-9)7-10(15)8(2)3;1-7-5-3-2-4-6-7;1-4(2)3;/h6,8,11H,4-5,7H2,1-3H3;2-6H,1H3;4H,1-3H3;1H.